The molecule has 0 radical (unpaired) electrons. The predicted molar refractivity (Wildman–Crippen MR) is 112 cm³/mol. The summed E-state index contributed by atoms with van der Waals surface area (Å²) in [7, 11) is 3.95. The van der Waals surface area contributed by atoms with Crippen molar-refractivity contribution in [3.8, 4) is 6.07 Å². The molecule has 0 aliphatic carbocycles. The van der Waals surface area contributed by atoms with Crippen molar-refractivity contribution in [1.29, 1.82) is 5.26 Å². The number of piperidine rings is 1. The second-order valence-corrected chi connectivity index (χ2v) is 8.06. The average molecular weight is 404 g/mol. The highest BCUT2D eigenvalue weighted by Crippen LogP contribution is 2.32. The van der Waals surface area contributed by atoms with E-state index in [1.807, 2.05) is 41.7 Å². The summed E-state index contributed by atoms with van der Waals surface area (Å²) in [6.45, 7) is 2.88. The van der Waals surface area contributed by atoms with Crippen LogP contribution in [0.4, 0.5) is 11.6 Å². The molecule has 3 aromatic rings. The first-order valence-corrected chi connectivity index (χ1v) is 10.3. The highest BCUT2D eigenvalue weighted by atomic mass is 16.5. The number of rotatable bonds is 3. The Morgan fingerprint density at radius 3 is 2.80 bits per heavy atom. The molecule has 0 amide bonds. The largest absolute Gasteiger partial charge is 0.376 e. The third kappa shape index (κ3) is 3.23. The number of ether oxygens (including phenoxy) is 1. The van der Waals surface area contributed by atoms with Crippen LogP contribution >= 0.6 is 0 Å². The summed E-state index contributed by atoms with van der Waals surface area (Å²) in [4.78, 5) is 9.05. The minimum Gasteiger partial charge on any atom is -0.376 e. The van der Waals surface area contributed by atoms with Crippen molar-refractivity contribution in [2.24, 2.45) is 0 Å². The molecule has 1 fully saturated rings. The number of nitrogens with zero attached hydrogens (tertiary/aromatic N) is 8. The third-order valence-corrected chi connectivity index (χ3v) is 5.92. The van der Waals surface area contributed by atoms with E-state index in [4.69, 9.17) is 14.8 Å². The number of fused-ring (bicyclic) bond motifs is 2. The Labute approximate surface area is 174 Å². The van der Waals surface area contributed by atoms with Gasteiger partial charge < -0.3 is 14.5 Å². The van der Waals surface area contributed by atoms with E-state index in [0.717, 1.165) is 66.7 Å². The summed E-state index contributed by atoms with van der Waals surface area (Å²) >= 11 is 0. The van der Waals surface area contributed by atoms with E-state index < -0.39 is 0 Å². The Morgan fingerprint density at radius 1 is 1.20 bits per heavy atom. The van der Waals surface area contributed by atoms with Gasteiger partial charge >= 0.3 is 0 Å². The minimum atomic E-state index is 0.276. The predicted octanol–water partition coefficient (Wildman–Crippen LogP) is 1.91. The van der Waals surface area contributed by atoms with Gasteiger partial charge in [0, 0.05) is 45.1 Å². The Hall–Kier alpha value is -3.25. The lowest BCUT2D eigenvalue weighted by Gasteiger charge is -2.33. The first-order valence-electron chi connectivity index (χ1n) is 10.3. The van der Waals surface area contributed by atoms with Gasteiger partial charge in [-0.3, -0.25) is 0 Å². The van der Waals surface area contributed by atoms with Crippen LogP contribution in [0.5, 0.6) is 0 Å². The van der Waals surface area contributed by atoms with E-state index >= 15 is 0 Å². The van der Waals surface area contributed by atoms with Gasteiger partial charge in [-0.2, -0.15) is 9.78 Å². The number of hydrogen-bond acceptors (Lipinski definition) is 8. The van der Waals surface area contributed by atoms with Crippen molar-refractivity contribution in [1.82, 2.24) is 24.8 Å². The molecule has 2 aliphatic heterocycles. The summed E-state index contributed by atoms with van der Waals surface area (Å²) in [6, 6.07) is 8.17. The molecule has 2 aliphatic rings. The smallest absolute Gasteiger partial charge is 0.178 e. The van der Waals surface area contributed by atoms with E-state index in [1.165, 1.54) is 0 Å². The SMILES string of the molecule is CN(C)c1ccc2nnc(C3CCN(c4nc5c(cc4C#N)COCC5)CC3)n2n1. The van der Waals surface area contributed by atoms with Crippen molar-refractivity contribution in [3.05, 3.63) is 40.8 Å². The lowest BCUT2D eigenvalue weighted by molar-refractivity contribution is 0.109. The summed E-state index contributed by atoms with van der Waals surface area (Å²) in [5.41, 5.74) is 3.49. The molecular weight excluding hydrogens is 380 g/mol. The summed E-state index contributed by atoms with van der Waals surface area (Å²) in [5.74, 6) is 2.86. The first-order chi connectivity index (χ1) is 14.6. The van der Waals surface area contributed by atoms with Crippen LogP contribution in [0.2, 0.25) is 0 Å². The van der Waals surface area contributed by atoms with Gasteiger partial charge in [0.05, 0.1) is 24.5 Å². The van der Waals surface area contributed by atoms with Crippen molar-refractivity contribution < 1.29 is 4.74 Å². The lowest BCUT2D eigenvalue weighted by Crippen LogP contribution is -2.35. The minimum absolute atomic E-state index is 0.276. The molecule has 1 saturated heterocycles. The van der Waals surface area contributed by atoms with Crippen molar-refractivity contribution >= 4 is 17.3 Å². The van der Waals surface area contributed by atoms with E-state index in [1.54, 1.807) is 0 Å². The van der Waals surface area contributed by atoms with Gasteiger partial charge in [0.2, 0.25) is 0 Å². The third-order valence-electron chi connectivity index (χ3n) is 5.92. The van der Waals surface area contributed by atoms with Crippen LogP contribution in [0, 0.1) is 11.3 Å². The summed E-state index contributed by atoms with van der Waals surface area (Å²) < 4.78 is 7.38. The average Bonchev–Trinajstić information content (AvgIpc) is 3.21. The number of aromatic nitrogens is 5. The molecule has 9 heteroatoms. The van der Waals surface area contributed by atoms with E-state index in [2.05, 4.69) is 21.2 Å². The van der Waals surface area contributed by atoms with Crippen LogP contribution in [0.25, 0.3) is 5.65 Å². The molecule has 5 heterocycles. The van der Waals surface area contributed by atoms with Gasteiger partial charge in [0.15, 0.2) is 11.5 Å². The van der Waals surface area contributed by atoms with Crippen molar-refractivity contribution in [3.63, 3.8) is 0 Å². The molecule has 0 atom stereocenters. The molecule has 3 aromatic heterocycles. The summed E-state index contributed by atoms with van der Waals surface area (Å²) in [6.07, 6.45) is 2.64. The quantitative estimate of drug-likeness (QED) is 0.653. The molecule has 0 bridgehead atoms. The Bertz CT molecular complexity index is 1120. The molecule has 0 saturated carbocycles. The molecule has 0 unspecified atom stereocenters. The number of nitriles is 1. The van der Waals surface area contributed by atoms with Crippen LogP contribution in [-0.4, -0.2) is 58.6 Å². The van der Waals surface area contributed by atoms with Crippen molar-refractivity contribution in [2.75, 3.05) is 43.6 Å². The highest BCUT2D eigenvalue weighted by molar-refractivity contribution is 5.56. The molecule has 30 heavy (non-hydrogen) atoms. The fraction of sp³-hybridized carbons (Fsp3) is 0.476. The maximum atomic E-state index is 9.65. The second-order valence-electron chi connectivity index (χ2n) is 8.06. The zero-order chi connectivity index (χ0) is 20.7. The van der Waals surface area contributed by atoms with Gasteiger partial charge in [-0.05, 0) is 31.0 Å². The second kappa shape index (κ2) is 7.54. The Kier molecular flexibility index (Phi) is 4.71. The highest BCUT2D eigenvalue weighted by Gasteiger charge is 2.28. The molecular formula is C21H24N8O. The van der Waals surface area contributed by atoms with Crippen LogP contribution in [0.1, 0.15) is 41.4 Å². The number of anilines is 2. The fourth-order valence-electron chi connectivity index (χ4n) is 4.24. The molecule has 0 N–H and O–H groups in total. The maximum Gasteiger partial charge on any atom is 0.178 e. The molecule has 5 rings (SSSR count). The lowest BCUT2D eigenvalue weighted by atomic mass is 9.95. The number of hydrogen-bond donors (Lipinski definition) is 0. The molecule has 154 valence electrons. The number of pyridine rings is 1. The van der Waals surface area contributed by atoms with Crippen LogP contribution < -0.4 is 9.80 Å². The van der Waals surface area contributed by atoms with E-state index in [0.29, 0.717) is 18.8 Å². The van der Waals surface area contributed by atoms with Crippen molar-refractivity contribution in [2.45, 2.75) is 31.8 Å². The Morgan fingerprint density at radius 2 is 2.03 bits per heavy atom. The van der Waals surface area contributed by atoms with Gasteiger partial charge in [0.25, 0.3) is 0 Å². The maximum absolute atomic E-state index is 9.65. The molecule has 9 nitrogen and oxygen atoms in total. The standard InChI is InChI=1S/C21H24N8O/c1-27(2)19-4-3-18-24-25-21(29(18)26-19)14-5-8-28(9-6-14)20-15(12-22)11-16-13-30-10-7-17(16)23-20/h3-4,11,14H,5-10,13H2,1-2H3. The van der Waals surface area contributed by atoms with Gasteiger partial charge in [-0.15, -0.1) is 15.3 Å². The van der Waals surface area contributed by atoms with Crippen LogP contribution in [-0.2, 0) is 17.8 Å². The first kappa shape index (κ1) is 18.8. The molecule has 0 aromatic carbocycles. The van der Waals surface area contributed by atoms with Crippen LogP contribution in [0.3, 0.4) is 0 Å². The zero-order valence-electron chi connectivity index (χ0n) is 17.2. The fourth-order valence-corrected chi connectivity index (χ4v) is 4.24. The van der Waals surface area contributed by atoms with E-state index in [9.17, 15) is 5.26 Å². The summed E-state index contributed by atoms with van der Waals surface area (Å²) in [5, 5.41) is 23.1. The van der Waals surface area contributed by atoms with E-state index in [-0.39, 0.29) is 5.92 Å². The van der Waals surface area contributed by atoms with Gasteiger partial charge in [-0.25, -0.2) is 4.98 Å². The monoisotopic (exact) mass is 404 g/mol. The topological polar surface area (TPSA) is 95.5 Å². The Balaban J connectivity index is 1.38. The normalized spacial score (nSPS) is 17.0. The van der Waals surface area contributed by atoms with Gasteiger partial charge in [0.1, 0.15) is 17.7 Å². The van der Waals surface area contributed by atoms with Crippen LogP contribution in [0.15, 0.2) is 18.2 Å². The molecule has 0 spiro atoms. The zero-order valence-corrected chi connectivity index (χ0v) is 17.2. The van der Waals surface area contributed by atoms with Gasteiger partial charge in [-0.1, -0.05) is 0 Å².